The van der Waals surface area contributed by atoms with Gasteiger partial charge < -0.3 is 15.0 Å². The number of ether oxygens (including phenoxy) is 1. The highest BCUT2D eigenvalue weighted by Gasteiger charge is 2.33. The zero-order chi connectivity index (χ0) is 29.3. The molecule has 214 valence electrons. The summed E-state index contributed by atoms with van der Waals surface area (Å²) < 4.78 is 35.0. The quantitative estimate of drug-likeness (QED) is 0.289. The number of hydrogen-bond acceptors (Lipinski definition) is 6. The Labute approximate surface area is 241 Å². The number of nitrogens with zero attached hydrogens (tertiary/aromatic N) is 2. The van der Waals surface area contributed by atoms with Crippen molar-refractivity contribution in [3.63, 3.8) is 0 Å². The minimum atomic E-state index is -4.19. The van der Waals surface area contributed by atoms with Gasteiger partial charge >= 0.3 is 0 Å². The first-order valence-corrected chi connectivity index (χ1v) is 15.8. The first-order chi connectivity index (χ1) is 19.1. The number of likely N-dealkylation sites (N-methyl/N-ethyl adjacent to an activating group) is 1. The molecule has 0 saturated carbocycles. The number of aryl methyl sites for hydroxylation is 1. The van der Waals surface area contributed by atoms with Crippen molar-refractivity contribution in [3.05, 3.63) is 83.9 Å². The van der Waals surface area contributed by atoms with Gasteiger partial charge in [0, 0.05) is 18.0 Å². The van der Waals surface area contributed by atoms with Gasteiger partial charge in [0.1, 0.15) is 18.3 Å². The van der Waals surface area contributed by atoms with E-state index in [2.05, 4.69) is 5.32 Å². The molecule has 3 rings (SSSR count). The normalized spacial score (nSPS) is 11.9. The molecule has 0 aliphatic rings. The van der Waals surface area contributed by atoms with Crippen LogP contribution in [0.1, 0.15) is 31.9 Å². The van der Waals surface area contributed by atoms with Crippen LogP contribution in [0.15, 0.2) is 82.6 Å². The standard InChI is InChI=1S/C30H37N3O5S2/c1-6-31-30(35)23(4)32(20-24-13-9-8-12-22(24)3)29(34)21-33(27-14-10-11-15-28(27)38-7-2)40(36,37)26-18-16-25(39-5)17-19-26/h8-19,23H,6-7,20-21H2,1-5H3,(H,31,35)/t23-/m0/s1. The maximum atomic E-state index is 14.1. The monoisotopic (exact) mass is 583 g/mol. The van der Waals surface area contributed by atoms with Crippen LogP contribution in [-0.2, 0) is 26.2 Å². The highest BCUT2D eigenvalue weighted by molar-refractivity contribution is 7.98. The molecule has 10 heteroatoms. The van der Waals surface area contributed by atoms with Gasteiger partial charge in [-0.1, -0.05) is 36.4 Å². The molecular formula is C30H37N3O5S2. The smallest absolute Gasteiger partial charge is 0.264 e. The van der Waals surface area contributed by atoms with Gasteiger partial charge in [0.05, 0.1) is 17.2 Å². The summed E-state index contributed by atoms with van der Waals surface area (Å²) in [5.41, 5.74) is 2.07. The molecule has 1 atom stereocenters. The van der Waals surface area contributed by atoms with Crippen LogP contribution in [0.3, 0.4) is 0 Å². The number of benzene rings is 3. The molecule has 0 aliphatic carbocycles. The van der Waals surface area contributed by atoms with Crippen LogP contribution in [0, 0.1) is 6.92 Å². The van der Waals surface area contributed by atoms with Crippen molar-refractivity contribution in [2.75, 3.05) is 30.3 Å². The van der Waals surface area contributed by atoms with E-state index < -0.39 is 28.5 Å². The SMILES string of the molecule is CCNC(=O)[C@H](C)N(Cc1ccccc1C)C(=O)CN(c1ccccc1OCC)S(=O)(=O)c1ccc(SC)cc1. The zero-order valence-electron chi connectivity index (χ0n) is 23.6. The van der Waals surface area contributed by atoms with Crippen molar-refractivity contribution in [1.29, 1.82) is 0 Å². The number of para-hydroxylation sites is 2. The molecule has 1 N–H and O–H groups in total. The average molecular weight is 584 g/mol. The second-order valence-electron chi connectivity index (χ2n) is 9.11. The number of thioether (sulfide) groups is 1. The van der Waals surface area contributed by atoms with Crippen LogP contribution < -0.4 is 14.4 Å². The lowest BCUT2D eigenvalue weighted by Crippen LogP contribution is -2.51. The van der Waals surface area contributed by atoms with E-state index in [-0.39, 0.29) is 23.0 Å². The molecule has 0 fully saturated rings. The van der Waals surface area contributed by atoms with Crippen LogP contribution in [0.4, 0.5) is 5.69 Å². The highest BCUT2D eigenvalue weighted by atomic mass is 32.2. The van der Waals surface area contributed by atoms with Crippen molar-refractivity contribution >= 4 is 39.3 Å². The average Bonchev–Trinajstić information content (AvgIpc) is 2.95. The van der Waals surface area contributed by atoms with Gasteiger partial charge in [-0.05, 0) is 81.5 Å². The summed E-state index contributed by atoms with van der Waals surface area (Å²) in [7, 11) is -4.19. The molecule has 8 nitrogen and oxygen atoms in total. The Morgan fingerprint density at radius 3 is 2.25 bits per heavy atom. The lowest BCUT2D eigenvalue weighted by molar-refractivity contribution is -0.139. The van der Waals surface area contributed by atoms with Gasteiger partial charge in [0.25, 0.3) is 10.0 Å². The minimum Gasteiger partial charge on any atom is -0.492 e. The van der Waals surface area contributed by atoms with Crippen LogP contribution >= 0.6 is 11.8 Å². The molecule has 3 aromatic rings. The fourth-order valence-corrected chi connectivity index (χ4v) is 6.04. The molecule has 0 bridgehead atoms. The van der Waals surface area contributed by atoms with Crippen LogP contribution in [-0.4, -0.2) is 57.1 Å². The Morgan fingerprint density at radius 2 is 1.62 bits per heavy atom. The van der Waals surface area contributed by atoms with E-state index in [1.54, 1.807) is 57.2 Å². The van der Waals surface area contributed by atoms with E-state index in [0.717, 1.165) is 20.3 Å². The van der Waals surface area contributed by atoms with E-state index in [1.807, 2.05) is 37.4 Å². The van der Waals surface area contributed by atoms with E-state index in [9.17, 15) is 18.0 Å². The first-order valence-electron chi connectivity index (χ1n) is 13.1. The molecule has 0 spiro atoms. The predicted octanol–water partition coefficient (Wildman–Crippen LogP) is 4.86. The van der Waals surface area contributed by atoms with Crippen molar-refractivity contribution < 1.29 is 22.7 Å². The summed E-state index contributed by atoms with van der Waals surface area (Å²) in [4.78, 5) is 29.3. The van der Waals surface area contributed by atoms with Crippen molar-refractivity contribution in [1.82, 2.24) is 10.2 Å². The molecule has 0 aliphatic heterocycles. The van der Waals surface area contributed by atoms with Gasteiger partial charge in [-0.3, -0.25) is 13.9 Å². The first kappa shape index (κ1) is 31.0. The number of rotatable bonds is 13. The lowest BCUT2D eigenvalue weighted by Gasteiger charge is -2.32. The Hall–Kier alpha value is -3.50. The second-order valence-corrected chi connectivity index (χ2v) is 11.8. The number of carbonyl (C=O) groups is 2. The van der Waals surface area contributed by atoms with E-state index in [1.165, 1.54) is 28.8 Å². The number of amides is 2. The lowest BCUT2D eigenvalue weighted by atomic mass is 10.1. The fourth-order valence-electron chi connectivity index (χ4n) is 4.20. The zero-order valence-corrected chi connectivity index (χ0v) is 25.2. The van der Waals surface area contributed by atoms with Gasteiger partial charge in [0.2, 0.25) is 11.8 Å². The summed E-state index contributed by atoms with van der Waals surface area (Å²) in [6.45, 7) is 7.54. The van der Waals surface area contributed by atoms with Gasteiger partial charge in [0.15, 0.2) is 0 Å². The summed E-state index contributed by atoms with van der Waals surface area (Å²) in [6, 6.07) is 20.0. The molecule has 40 heavy (non-hydrogen) atoms. The Kier molecular flexibility index (Phi) is 11.0. The van der Waals surface area contributed by atoms with Crippen LogP contribution in [0.25, 0.3) is 0 Å². The maximum Gasteiger partial charge on any atom is 0.264 e. The fraction of sp³-hybridized carbons (Fsp3) is 0.333. The Balaban J connectivity index is 2.09. The maximum absolute atomic E-state index is 14.1. The third kappa shape index (κ3) is 7.37. The summed E-state index contributed by atoms with van der Waals surface area (Å²) in [5, 5.41) is 2.77. The number of sulfonamides is 1. The Bertz CT molecular complexity index is 1410. The van der Waals surface area contributed by atoms with Crippen molar-refractivity contribution in [3.8, 4) is 5.75 Å². The molecule has 0 unspecified atom stereocenters. The van der Waals surface area contributed by atoms with Crippen LogP contribution in [0.2, 0.25) is 0 Å². The summed E-state index contributed by atoms with van der Waals surface area (Å²) in [6.07, 6.45) is 1.91. The Morgan fingerprint density at radius 1 is 0.975 bits per heavy atom. The van der Waals surface area contributed by atoms with Gasteiger partial charge in [-0.2, -0.15) is 0 Å². The second kappa shape index (κ2) is 14.2. The number of hydrogen-bond donors (Lipinski definition) is 1. The van der Waals surface area contributed by atoms with E-state index >= 15 is 0 Å². The van der Waals surface area contributed by atoms with E-state index in [0.29, 0.717) is 18.9 Å². The predicted molar refractivity (Wildman–Crippen MR) is 160 cm³/mol. The summed E-state index contributed by atoms with van der Waals surface area (Å²) >= 11 is 1.50. The van der Waals surface area contributed by atoms with Crippen molar-refractivity contribution in [2.45, 2.75) is 50.1 Å². The molecule has 0 radical (unpaired) electrons. The van der Waals surface area contributed by atoms with E-state index in [4.69, 9.17) is 4.74 Å². The number of nitrogens with one attached hydrogen (secondary N) is 1. The topological polar surface area (TPSA) is 96.0 Å². The molecule has 3 aromatic carbocycles. The third-order valence-corrected chi connectivity index (χ3v) is 9.00. The van der Waals surface area contributed by atoms with Gasteiger partial charge in [-0.15, -0.1) is 11.8 Å². The summed E-state index contributed by atoms with van der Waals surface area (Å²) in [5.74, 6) is -0.497. The number of anilines is 1. The largest absolute Gasteiger partial charge is 0.492 e. The number of carbonyl (C=O) groups excluding carboxylic acids is 2. The van der Waals surface area contributed by atoms with Crippen molar-refractivity contribution in [2.24, 2.45) is 0 Å². The molecule has 2 amide bonds. The molecular weight excluding hydrogens is 546 g/mol. The third-order valence-electron chi connectivity index (χ3n) is 6.48. The highest BCUT2D eigenvalue weighted by Crippen LogP contribution is 2.33. The molecule has 0 saturated heterocycles. The minimum absolute atomic E-state index is 0.0478. The molecule has 0 aromatic heterocycles. The van der Waals surface area contributed by atoms with Gasteiger partial charge in [-0.25, -0.2) is 8.42 Å². The van der Waals surface area contributed by atoms with Crippen LogP contribution in [0.5, 0.6) is 5.75 Å². The molecule has 0 heterocycles.